The lowest BCUT2D eigenvalue weighted by Crippen LogP contribution is -2.24. The van der Waals surface area contributed by atoms with Crippen molar-refractivity contribution >= 4 is 17.0 Å². The number of rotatable bonds is 4. The first-order valence-electron chi connectivity index (χ1n) is 6.98. The first-order chi connectivity index (χ1) is 11.1. The molecule has 0 saturated heterocycles. The molecule has 2 aromatic heterocycles. The van der Waals surface area contributed by atoms with Crippen molar-refractivity contribution in [1.29, 1.82) is 0 Å². The zero-order valence-electron chi connectivity index (χ0n) is 12.7. The number of furan rings is 1. The van der Waals surface area contributed by atoms with Gasteiger partial charge in [-0.25, -0.2) is 4.98 Å². The van der Waals surface area contributed by atoms with Gasteiger partial charge in [-0.15, -0.1) is 0 Å². The summed E-state index contributed by atoms with van der Waals surface area (Å²) in [7, 11) is 1.59. The molecule has 0 fully saturated rings. The lowest BCUT2D eigenvalue weighted by atomic mass is 10.1. The Bertz CT molecular complexity index is 909. The predicted octanol–water partition coefficient (Wildman–Crippen LogP) is 1.76. The minimum Gasteiger partial charge on any atom is -0.497 e. The van der Waals surface area contributed by atoms with E-state index >= 15 is 0 Å². The summed E-state index contributed by atoms with van der Waals surface area (Å²) in [6.45, 7) is 1.95. The van der Waals surface area contributed by atoms with E-state index in [1.54, 1.807) is 14.0 Å². The van der Waals surface area contributed by atoms with Crippen LogP contribution in [0.2, 0.25) is 0 Å². The van der Waals surface area contributed by atoms with Crippen LogP contribution in [0.5, 0.6) is 5.75 Å². The minimum atomic E-state index is -0.401. The average molecular weight is 313 g/mol. The summed E-state index contributed by atoms with van der Waals surface area (Å²) in [6.07, 6.45) is 1.24. The van der Waals surface area contributed by atoms with Crippen molar-refractivity contribution in [3.05, 3.63) is 57.8 Å². The SMILES string of the molecule is COc1ccc(CNC(=O)c2c(C)oc3nc[nH]c(=O)c23)cc1. The molecule has 7 heteroatoms. The van der Waals surface area contributed by atoms with Gasteiger partial charge in [0, 0.05) is 6.54 Å². The van der Waals surface area contributed by atoms with Crippen molar-refractivity contribution in [3.8, 4) is 5.75 Å². The molecule has 118 valence electrons. The van der Waals surface area contributed by atoms with Crippen LogP contribution in [0.3, 0.4) is 0 Å². The third kappa shape index (κ3) is 2.80. The topological polar surface area (TPSA) is 97.2 Å². The van der Waals surface area contributed by atoms with Gasteiger partial charge >= 0.3 is 0 Å². The van der Waals surface area contributed by atoms with E-state index in [2.05, 4.69) is 15.3 Å². The van der Waals surface area contributed by atoms with Crippen LogP contribution in [0.15, 0.2) is 39.8 Å². The summed E-state index contributed by atoms with van der Waals surface area (Å²) in [5.74, 6) is 0.723. The summed E-state index contributed by atoms with van der Waals surface area (Å²) in [6, 6.07) is 7.34. The molecule has 0 spiro atoms. The third-order valence-electron chi connectivity index (χ3n) is 3.51. The highest BCUT2D eigenvalue weighted by molar-refractivity contribution is 6.06. The van der Waals surface area contributed by atoms with Gasteiger partial charge < -0.3 is 19.5 Å². The highest BCUT2D eigenvalue weighted by Crippen LogP contribution is 2.20. The maximum absolute atomic E-state index is 12.4. The summed E-state index contributed by atoms with van der Waals surface area (Å²) in [4.78, 5) is 30.7. The van der Waals surface area contributed by atoms with Gasteiger partial charge in [0.15, 0.2) is 0 Å². The summed E-state index contributed by atoms with van der Waals surface area (Å²) in [5, 5.41) is 2.94. The number of nitrogens with one attached hydrogen (secondary N) is 2. The Morgan fingerprint density at radius 1 is 1.35 bits per heavy atom. The fourth-order valence-corrected chi connectivity index (χ4v) is 2.34. The van der Waals surface area contributed by atoms with E-state index in [1.165, 1.54) is 6.33 Å². The van der Waals surface area contributed by atoms with Gasteiger partial charge in [0.05, 0.1) is 19.0 Å². The summed E-state index contributed by atoms with van der Waals surface area (Å²) in [5.41, 5.74) is 0.877. The molecule has 1 aromatic carbocycles. The van der Waals surface area contributed by atoms with E-state index in [0.717, 1.165) is 11.3 Å². The van der Waals surface area contributed by atoms with Crippen LogP contribution in [0.25, 0.3) is 11.1 Å². The van der Waals surface area contributed by atoms with E-state index in [0.29, 0.717) is 12.3 Å². The summed E-state index contributed by atoms with van der Waals surface area (Å²) >= 11 is 0. The van der Waals surface area contributed by atoms with Gasteiger partial charge in [0.25, 0.3) is 11.5 Å². The molecule has 0 aliphatic rings. The maximum Gasteiger partial charge on any atom is 0.262 e. The Hall–Kier alpha value is -3.09. The Kier molecular flexibility index (Phi) is 3.84. The Morgan fingerprint density at radius 3 is 2.78 bits per heavy atom. The number of aromatic nitrogens is 2. The number of hydrogen-bond donors (Lipinski definition) is 2. The van der Waals surface area contributed by atoms with E-state index in [4.69, 9.17) is 9.15 Å². The number of aryl methyl sites for hydroxylation is 1. The fraction of sp³-hybridized carbons (Fsp3) is 0.188. The quantitative estimate of drug-likeness (QED) is 0.765. The third-order valence-corrected chi connectivity index (χ3v) is 3.51. The molecule has 0 saturated carbocycles. The second-order valence-electron chi connectivity index (χ2n) is 4.98. The van der Waals surface area contributed by atoms with Crippen LogP contribution >= 0.6 is 0 Å². The lowest BCUT2D eigenvalue weighted by molar-refractivity contribution is 0.0950. The van der Waals surface area contributed by atoms with E-state index in [9.17, 15) is 9.59 Å². The zero-order valence-corrected chi connectivity index (χ0v) is 12.7. The minimum absolute atomic E-state index is 0.154. The first-order valence-corrected chi connectivity index (χ1v) is 6.98. The highest BCUT2D eigenvalue weighted by Gasteiger charge is 2.21. The number of carbonyl (C=O) groups is 1. The van der Waals surface area contributed by atoms with E-state index < -0.39 is 5.56 Å². The monoisotopic (exact) mass is 313 g/mol. The predicted molar refractivity (Wildman–Crippen MR) is 83.5 cm³/mol. The van der Waals surface area contributed by atoms with E-state index in [1.807, 2.05) is 24.3 Å². The number of aromatic amines is 1. The Balaban J connectivity index is 1.83. The second-order valence-corrected chi connectivity index (χ2v) is 4.98. The van der Waals surface area contributed by atoms with Crippen molar-refractivity contribution in [2.75, 3.05) is 7.11 Å². The van der Waals surface area contributed by atoms with Gasteiger partial charge in [-0.3, -0.25) is 9.59 Å². The van der Waals surface area contributed by atoms with Crippen LogP contribution in [-0.2, 0) is 6.54 Å². The molecule has 7 nitrogen and oxygen atoms in total. The largest absolute Gasteiger partial charge is 0.497 e. The number of H-pyrrole nitrogens is 1. The molecule has 0 unspecified atom stereocenters. The van der Waals surface area contributed by atoms with Gasteiger partial charge in [-0.2, -0.15) is 0 Å². The fourth-order valence-electron chi connectivity index (χ4n) is 2.34. The van der Waals surface area contributed by atoms with Crippen LogP contribution in [-0.4, -0.2) is 23.0 Å². The molecule has 0 radical (unpaired) electrons. The molecule has 3 aromatic rings. The number of methoxy groups -OCH3 is 1. The number of carbonyl (C=O) groups excluding carboxylic acids is 1. The molecule has 0 aliphatic heterocycles. The molecule has 1 amide bonds. The molecule has 2 N–H and O–H groups in total. The molecule has 0 bridgehead atoms. The average Bonchev–Trinajstić information content (AvgIpc) is 2.90. The van der Waals surface area contributed by atoms with Crippen molar-refractivity contribution < 1.29 is 13.9 Å². The molecular formula is C16H15N3O4. The Labute approximate surface area is 131 Å². The van der Waals surface area contributed by atoms with E-state index in [-0.39, 0.29) is 22.6 Å². The molecule has 0 atom stereocenters. The summed E-state index contributed by atoms with van der Waals surface area (Å²) < 4.78 is 10.5. The van der Waals surface area contributed by atoms with Crippen LogP contribution in [0.4, 0.5) is 0 Å². The van der Waals surface area contributed by atoms with Crippen molar-refractivity contribution in [2.24, 2.45) is 0 Å². The van der Waals surface area contributed by atoms with Crippen LogP contribution in [0.1, 0.15) is 21.7 Å². The van der Waals surface area contributed by atoms with Gasteiger partial charge in [-0.1, -0.05) is 12.1 Å². The molecular weight excluding hydrogens is 298 g/mol. The molecule has 3 rings (SSSR count). The standard InChI is InChI=1S/C16H15N3O4/c1-9-12(13-15(21)18-8-19-16(13)23-9)14(20)17-7-10-3-5-11(22-2)6-4-10/h3-6,8H,7H2,1-2H3,(H,17,20)(H,18,19,21). The zero-order chi connectivity index (χ0) is 16.4. The Morgan fingerprint density at radius 2 is 2.09 bits per heavy atom. The number of hydrogen-bond acceptors (Lipinski definition) is 5. The van der Waals surface area contributed by atoms with Gasteiger partial charge in [0.2, 0.25) is 5.71 Å². The van der Waals surface area contributed by atoms with Gasteiger partial charge in [-0.05, 0) is 24.6 Å². The number of amides is 1. The molecule has 0 aliphatic carbocycles. The molecule has 2 heterocycles. The lowest BCUT2D eigenvalue weighted by Gasteiger charge is -2.06. The van der Waals surface area contributed by atoms with Crippen molar-refractivity contribution in [3.63, 3.8) is 0 Å². The first kappa shape index (κ1) is 14.8. The van der Waals surface area contributed by atoms with Crippen LogP contribution in [0, 0.1) is 6.92 Å². The number of nitrogens with zero attached hydrogens (tertiary/aromatic N) is 1. The molecule has 23 heavy (non-hydrogen) atoms. The maximum atomic E-state index is 12.4. The number of fused-ring (bicyclic) bond motifs is 1. The van der Waals surface area contributed by atoms with Crippen molar-refractivity contribution in [1.82, 2.24) is 15.3 Å². The van der Waals surface area contributed by atoms with Crippen LogP contribution < -0.4 is 15.6 Å². The second kappa shape index (κ2) is 5.96. The van der Waals surface area contributed by atoms with Crippen molar-refractivity contribution in [2.45, 2.75) is 13.5 Å². The van der Waals surface area contributed by atoms with Gasteiger partial charge in [0.1, 0.15) is 16.9 Å². The smallest absolute Gasteiger partial charge is 0.262 e. The highest BCUT2D eigenvalue weighted by atomic mass is 16.5. The number of ether oxygens (including phenoxy) is 1. The normalized spacial score (nSPS) is 10.7. The number of benzene rings is 1.